The molecule has 0 bridgehead atoms. The molecule has 0 amide bonds. The molecule has 1 rings (SSSR count). The first kappa shape index (κ1) is 8.83. The Balaban J connectivity index is 0.000000640. The topological polar surface area (TPSA) is 27.0 Å². The van der Waals surface area contributed by atoms with E-state index in [4.69, 9.17) is 0 Å². The van der Waals surface area contributed by atoms with Gasteiger partial charge in [0.15, 0.2) is 0 Å². The van der Waals surface area contributed by atoms with Crippen LogP contribution in [0.15, 0.2) is 0 Å². The van der Waals surface area contributed by atoms with Gasteiger partial charge in [-0.2, -0.15) is 0 Å². The largest absolute Gasteiger partial charge is 0.579 e. The van der Waals surface area contributed by atoms with Crippen LogP contribution < -0.4 is 5.10 Å². The van der Waals surface area contributed by atoms with E-state index in [1.165, 1.54) is 5.56 Å². The fraction of sp³-hybridized carbons (Fsp3) is 0.500. The molecule has 0 aliphatic heterocycles. The molecule has 3 heteroatoms. The van der Waals surface area contributed by atoms with Crippen LogP contribution in [0, 0.1) is 20.8 Å². The Bertz CT molecular complexity index is 173. The molecule has 9 heavy (non-hydrogen) atoms. The predicted octanol–water partition coefficient (Wildman–Crippen LogP) is 0.962. The van der Waals surface area contributed by atoms with Crippen LogP contribution in [0.2, 0.25) is 0 Å². The molecule has 53 valence electrons. The summed E-state index contributed by atoms with van der Waals surface area (Å²) in [7, 11) is 0. The molecule has 2 nitrogen and oxygen atoms in total. The van der Waals surface area contributed by atoms with Gasteiger partial charge in [0, 0.05) is 25.2 Å². The molecule has 0 fully saturated rings. The third-order valence-corrected chi connectivity index (χ3v) is 1.44. The summed E-state index contributed by atoms with van der Waals surface area (Å²) in [6.07, 6.45) is 0. The number of aryl methyl sites for hydroxylation is 2. The summed E-state index contributed by atoms with van der Waals surface area (Å²) in [4.78, 5) is 0. The zero-order chi connectivity index (χ0) is 6.15. The summed E-state index contributed by atoms with van der Waals surface area (Å²) < 4.78 is 0. The van der Waals surface area contributed by atoms with Gasteiger partial charge in [0.2, 0.25) is 0 Å². The van der Waals surface area contributed by atoms with Crippen molar-refractivity contribution in [2.75, 3.05) is 0 Å². The Morgan fingerprint density at radius 1 is 1.22 bits per heavy atom. The molecule has 0 atom stereocenters. The van der Waals surface area contributed by atoms with Crippen molar-refractivity contribution in [3.8, 4) is 0 Å². The Morgan fingerprint density at radius 2 is 1.78 bits per heavy atom. The molecule has 0 saturated heterocycles. The first-order chi connectivity index (χ1) is 3.72. The number of rotatable bonds is 0. The van der Waals surface area contributed by atoms with Crippen molar-refractivity contribution < 1.29 is 19.5 Å². The number of nitrogens with zero attached hydrogens (tertiary/aromatic N) is 2. The molecule has 0 saturated carbocycles. The molecule has 1 heterocycles. The molecule has 0 aliphatic rings. The summed E-state index contributed by atoms with van der Waals surface area (Å²) in [5, 5.41) is 7.73. The van der Waals surface area contributed by atoms with E-state index in [1.807, 2.05) is 20.8 Å². The summed E-state index contributed by atoms with van der Waals surface area (Å²) in [5.74, 6) is 0. The minimum atomic E-state index is 0. The van der Waals surface area contributed by atoms with Crippen LogP contribution in [-0.2, 0) is 19.5 Å². The maximum absolute atomic E-state index is 3.87. The smallest absolute Gasteiger partial charge is 0.0161 e. The van der Waals surface area contributed by atoms with E-state index in [2.05, 4.69) is 10.2 Å². The van der Waals surface area contributed by atoms with Gasteiger partial charge in [-0.05, 0) is 19.4 Å². The number of hydrogen-bond acceptors (Lipinski definition) is 1. The van der Waals surface area contributed by atoms with E-state index >= 15 is 0 Å². The van der Waals surface area contributed by atoms with E-state index in [9.17, 15) is 0 Å². The SMILES string of the molecule is Cc1n[n-]c(C)c1C.[Rh]. The molecule has 1 radical (unpaired) electrons. The zero-order valence-electron chi connectivity index (χ0n) is 5.73. The van der Waals surface area contributed by atoms with Crippen molar-refractivity contribution in [1.29, 1.82) is 0 Å². The molecular formula is C6H9N2Rh-. The van der Waals surface area contributed by atoms with Crippen molar-refractivity contribution in [3.05, 3.63) is 17.0 Å². The molecule has 1 aromatic rings. The third kappa shape index (κ3) is 1.62. The van der Waals surface area contributed by atoms with Gasteiger partial charge in [-0.15, -0.1) is 5.69 Å². The second-order valence-corrected chi connectivity index (χ2v) is 2.00. The third-order valence-electron chi connectivity index (χ3n) is 1.44. The van der Waals surface area contributed by atoms with Gasteiger partial charge < -0.3 is 10.2 Å². The minimum Gasteiger partial charge on any atom is -0.579 e. The van der Waals surface area contributed by atoms with Gasteiger partial charge in [-0.25, -0.2) is 0 Å². The van der Waals surface area contributed by atoms with E-state index in [-0.39, 0.29) is 19.5 Å². The van der Waals surface area contributed by atoms with Crippen molar-refractivity contribution in [2.24, 2.45) is 0 Å². The molecule has 0 spiro atoms. The van der Waals surface area contributed by atoms with Crippen LogP contribution in [0.5, 0.6) is 0 Å². The van der Waals surface area contributed by atoms with Crippen molar-refractivity contribution in [2.45, 2.75) is 20.8 Å². The summed E-state index contributed by atoms with van der Waals surface area (Å²) in [6.45, 7) is 5.97. The van der Waals surface area contributed by atoms with Crippen molar-refractivity contribution in [1.82, 2.24) is 10.2 Å². The Labute approximate surface area is 67.8 Å². The van der Waals surface area contributed by atoms with E-state index in [1.54, 1.807) is 0 Å². The van der Waals surface area contributed by atoms with Crippen LogP contribution in [0.25, 0.3) is 0 Å². The van der Waals surface area contributed by atoms with Crippen molar-refractivity contribution in [3.63, 3.8) is 0 Å². The Morgan fingerprint density at radius 3 is 1.89 bits per heavy atom. The van der Waals surface area contributed by atoms with Crippen LogP contribution >= 0.6 is 0 Å². The molecule has 0 unspecified atom stereocenters. The quantitative estimate of drug-likeness (QED) is 0.599. The van der Waals surface area contributed by atoms with E-state index in [0.717, 1.165) is 11.4 Å². The minimum absolute atomic E-state index is 0. The summed E-state index contributed by atoms with van der Waals surface area (Å²) in [6, 6.07) is 0. The summed E-state index contributed by atoms with van der Waals surface area (Å²) >= 11 is 0. The molecule has 0 N–H and O–H groups in total. The normalized spacial score (nSPS) is 8.78. The molecule has 1 aromatic heterocycles. The number of hydrogen-bond donors (Lipinski definition) is 0. The fourth-order valence-corrected chi connectivity index (χ4v) is 0.562. The predicted molar refractivity (Wildman–Crippen MR) is 31.8 cm³/mol. The first-order valence-electron chi connectivity index (χ1n) is 2.65. The monoisotopic (exact) mass is 212 g/mol. The number of aromatic nitrogens is 2. The van der Waals surface area contributed by atoms with Crippen LogP contribution in [0.3, 0.4) is 0 Å². The van der Waals surface area contributed by atoms with E-state index in [0.29, 0.717) is 0 Å². The van der Waals surface area contributed by atoms with Gasteiger partial charge >= 0.3 is 0 Å². The standard InChI is InChI=1S/C6H9N2.Rh/c1-4-5(2)7-8-6(4)3;/h1-3H3;/q-1;. The second kappa shape index (κ2) is 3.12. The van der Waals surface area contributed by atoms with Crippen LogP contribution in [-0.4, -0.2) is 5.10 Å². The zero-order valence-corrected chi connectivity index (χ0v) is 7.37. The average Bonchev–Trinajstić information content (AvgIpc) is 1.98. The maximum Gasteiger partial charge on any atom is 0.0161 e. The van der Waals surface area contributed by atoms with E-state index < -0.39 is 0 Å². The van der Waals surface area contributed by atoms with Gasteiger partial charge in [0.25, 0.3) is 0 Å². The van der Waals surface area contributed by atoms with Gasteiger partial charge in [0.1, 0.15) is 0 Å². The van der Waals surface area contributed by atoms with Crippen LogP contribution in [0.1, 0.15) is 17.0 Å². The maximum atomic E-state index is 3.87. The Hall–Kier alpha value is -0.167. The van der Waals surface area contributed by atoms with Gasteiger partial charge in [0.05, 0.1) is 0 Å². The fourth-order valence-electron chi connectivity index (χ4n) is 0.562. The van der Waals surface area contributed by atoms with Crippen LogP contribution in [0.4, 0.5) is 0 Å². The molecule has 0 aromatic carbocycles. The molecule has 0 aliphatic carbocycles. The van der Waals surface area contributed by atoms with Gasteiger partial charge in [-0.1, -0.05) is 6.92 Å². The molecular weight excluding hydrogens is 203 g/mol. The van der Waals surface area contributed by atoms with Crippen molar-refractivity contribution >= 4 is 0 Å². The Kier molecular flexibility index (Phi) is 3.06. The first-order valence-corrected chi connectivity index (χ1v) is 2.65. The summed E-state index contributed by atoms with van der Waals surface area (Å²) in [5.41, 5.74) is 3.30. The average molecular weight is 212 g/mol. The van der Waals surface area contributed by atoms with Gasteiger partial charge in [-0.3, -0.25) is 0 Å². The second-order valence-electron chi connectivity index (χ2n) is 2.00.